The second-order valence-electron chi connectivity index (χ2n) is 3.50. The van der Waals surface area contributed by atoms with E-state index in [0.717, 1.165) is 10.6 Å². The van der Waals surface area contributed by atoms with Gasteiger partial charge in [0.2, 0.25) is 5.91 Å². The van der Waals surface area contributed by atoms with Gasteiger partial charge in [0.15, 0.2) is 0 Å². The number of carbonyl (C=O) groups excluding carboxylic acids is 2. The van der Waals surface area contributed by atoms with Crippen molar-refractivity contribution in [1.82, 2.24) is 9.88 Å². The number of rotatable bonds is 3. The number of hydrogen-bond acceptors (Lipinski definition) is 4. The maximum Gasteiger partial charge on any atom is 0.341 e. The number of hydrogen-bond donors (Lipinski definition) is 3. The summed E-state index contributed by atoms with van der Waals surface area (Å²) in [5.74, 6) is -2.18. The molecular weight excluding hydrogens is 242 g/mol. The smallest absolute Gasteiger partial charge is 0.341 e. The fraction of sp³-hybridized carbons (Fsp3) is 0.200. The average Bonchev–Trinajstić information content (AvgIpc) is 2.22. The van der Waals surface area contributed by atoms with Gasteiger partial charge in [-0.15, -0.1) is 0 Å². The minimum absolute atomic E-state index is 0.393. The van der Waals surface area contributed by atoms with Gasteiger partial charge in [-0.25, -0.2) is 9.59 Å². The Morgan fingerprint density at radius 2 is 2.00 bits per heavy atom. The zero-order valence-corrected chi connectivity index (χ0v) is 9.47. The van der Waals surface area contributed by atoms with Crippen molar-refractivity contribution < 1.29 is 19.5 Å². The molecule has 8 nitrogen and oxygen atoms in total. The first kappa shape index (κ1) is 13.4. The average molecular weight is 253 g/mol. The van der Waals surface area contributed by atoms with Gasteiger partial charge in [0.25, 0.3) is 5.56 Å². The lowest BCUT2D eigenvalue weighted by Crippen LogP contribution is -2.40. The van der Waals surface area contributed by atoms with E-state index in [0.29, 0.717) is 5.69 Å². The number of primary amides is 1. The molecule has 18 heavy (non-hydrogen) atoms. The fourth-order valence-corrected chi connectivity index (χ4v) is 1.35. The highest BCUT2D eigenvalue weighted by molar-refractivity contribution is 5.93. The molecule has 1 aromatic rings. The highest BCUT2D eigenvalue weighted by Crippen LogP contribution is 1.98. The van der Waals surface area contributed by atoms with Crippen molar-refractivity contribution in [2.24, 2.45) is 5.73 Å². The first-order valence-corrected chi connectivity index (χ1v) is 4.86. The molecule has 1 heterocycles. The predicted molar refractivity (Wildman–Crippen MR) is 60.1 cm³/mol. The van der Waals surface area contributed by atoms with Crippen LogP contribution in [0.5, 0.6) is 0 Å². The number of carbonyl (C=O) groups is 3. The van der Waals surface area contributed by atoms with Crippen LogP contribution in [0.4, 0.5) is 4.79 Å². The Bertz CT molecular complexity index is 575. The number of imide groups is 1. The van der Waals surface area contributed by atoms with E-state index in [1.165, 1.54) is 13.0 Å². The van der Waals surface area contributed by atoms with Crippen LogP contribution in [0.3, 0.4) is 0 Å². The highest BCUT2D eigenvalue weighted by Gasteiger charge is 2.14. The number of carboxylic acids is 1. The summed E-state index contributed by atoms with van der Waals surface area (Å²) >= 11 is 0. The maximum atomic E-state index is 11.7. The first-order valence-electron chi connectivity index (χ1n) is 4.86. The second-order valence-corrected chi connectivity index (χ2v) is 3.50. The normalized spacial score (nSPS) is 9.83. The Labute approximate surface area is 101 Å². The Morgan fingerprint density at radius 1 is 1.39 bits per heavy atom. The number of urea groups is 1. The largest absolute Gasteiger partial charge is 0.477 e. The number of aromatic nitrogens is 1. The van der Waals surface area contributed by atoms with Crippen molar-refractivity contribution in [1.29, 1.82) is 0 Å². The molecule has 0 radical (unpaired) electrons. The lowest BCUT2D eigenvalue weighted by molar-refractivity contribution is -0.120. The van der Waals surface area contributed by atoms with E-state index in [2.05, 4.69) is 0 Å². The molecule has 4 N–H and O–H groups in total. The summed E-state index contributed by atoms with van der Waals surface area (Å²) in [6.07, 6.45) is 0. The Morgan fingerprint density at radius 3 is 2.50 bits per heavy atom. The molecule has 0 aliphatic heterocycles. The number of nitrogens with one attached hydrogen (secondary N) is 1. The minimum atomic E-state index is -1.39. The van der Waals surface area contributed by atoms with E-state index in [4.69, 9.17) is 10.8 Å². The second kappa shape index (κ2) is 5.13. The molecule has 0 saturated carbocycles. The number of aryl methyl sites for hydroxylation is 1. The third-order valence-electron chi connectivity index (χ3n) is 2.19. The Balaban J connectivity index is 3.13. The zero-order valence-electron chi connectivity index (χ0n) is 9.47. The Hall–Kier alpha value is -2.64. The third kappa shape index (κ3) is 2.94. The number of aromatic carboxylic acids is 1. The first-order chi connectivity index (χ1) is 8.32. The van der Waals surface area contributed by atoms with Crippen molar-refractivity contribution in [3.05, 3.63) is 33.7 Å². The summed E-state index contributed by atoms with van der Waals surface area (Å²) in [5.41, 5.74) is 3.87. The number of nitrogens with two attached hydrogens (primary N) is 1. The number of nitrogens with zero attached hydrogens (tertiary/aromatic N) is 1. The summed E-state index contributed by atoms with van der Waals surface area (Å²) in [4.78, 5) is 44.2. The standard InChI is InChI=1S/C10H11N3O5/c1-5-2-3-6(9(16)17)8(15)13(5)4-7(14)12-10(11)18/h2-3H,4H2,1H3,(H,16,17)(H3,11,12,14,18). The molecule has 0 spiro atoms. The molecule has 0 unspecified atom stereocenters. The van der Waals surface area contributed by atoms with Crippen LogP contribution in [0.1, 0.15) is 16.1 Å². The van der Waals surface area contributed by atoms with Crippen molar-refractivity contribution in [3.63, 3.8) is 0 Å². The van der Waals surface area contributed by atoms with E-state index in [1.54, 1.807) is 5.32 Å². The van der Waals surface area contributed by atoms with Gasteiger partial charge in [0.1, 0.15) is 12.1 Å². The number of pyridine rings is 1. The molecule has 8 heteroatoms. The highest BCUT2D eigenvalue weighted by atomic mass is 16.4. The van der Waals surface area contributed by atoms with Crippen LogP contribution in [0, 0.1) is 6.92 Å². The summed E-state index contributed by atoms with van der Waals surface area (Å²) in [6.45, 7) is 1.05. The van der Waals surface area contributed by atoms with Crippen LogP contribution in [0.15, 0.2) is 16.9 Å². The van der Waals surface area contributed by atoms with Crippen LogP contribution in [-0.4, -0.2) is 27.6 Å². The monoisotopic (exact) mass is 253 g/mol. The third-order valence-corrected chi connectivity index (χ3v) is 2.19. The summed E-state index contributed by atoms with van der Waals surface area (Å²) < 4.78 is 0.946. The molecule has 0 aliphatic carbocycles. The van der Waals surface area contributed by atoms with Gasteiger partial charge < -0.3 is 15.4 Å². The molecule has 0 atom stereocenters. The van der Waals surface area contributed by atoms with Gasteiger partial charge in [-0.3, -0.25) is 14.9 Å². The van der Waals surface area contributed by atoms with Crippen molar-refractivity contribution in [2.45, 2.75) is 13.5 Å². The summed E-state index contributed by atoms with van der Waals surface area (Å²) in [6, 6.07) is 1.50. The predicted octanol–water partition coefficient (Wildman–Crippen LogP) is -0.950. The summed E-state index contributed by atoms with van der Waals surface area (Å²) in [5, 5.41) is 10.6. The number of amides is 3. The van der Waals surface area contributed by atoms with Crippen LogP contribution < -0.4 is 16.6 Å². The molecule has 0 aliphatic rings. The number of carboxylic acid groups (broad SMARTS) is 1. The van der Waals surface area contributed by atoms with E-state index >= 15 is 0 Å². The van der Waals surface area contributed by atoms with Crippen molar-refractivity contribution in [2.75, 3.05) is 0 Å². The van der Waals surface area contributed by atoms with Crippen LogP contribution >= 0.6 is 0 Å². The topological polar surface area (TPSA) is 131 Å². The molecule has 0 aromatic carbocycles. The van der Waals surface area contributed by atoms with Gasteiger partial charge >= 0.3 is 12.0 Å². The SMILES string of the molecule is Cc1ccc(C(=O)O)c(=O)n1CC(=O)NC(N)=O. The van der Waals surface area contributed by atoms with Crippen LogP contribution in [0.2, 0.25) is 0 Å². The van der Waals surface area contributed by atoms with E-state index in [-0.39, 0.29) is 0 Å². The minimum Gasteiger partial charge on any atom is -0.477 e. The fourth-order valence-electron chi connectivity index (χ4n) is 1.35. The molecule has 3 amide bonds. The lowest BCUT2D eigenvalue weighted by Gasteiger charge is -2.09. The molecule has 0 fully saturated rings. The summed E-state index contributed by atoms with van der Waals surface area (Å²) in [7, 11) is 0. The molecule has 1 rings (SSSR count). The van der Waals surface area contributed by atoms with Gasteiger partial charge in [-0.05, 0) is 19.1 Å². The molecule has 0 saturated heterocycles. The van der Waals surface area contributed by atoms with E-state index < -0.39 is 35.6 Å². The van der Waals surface area contributed by atoms with Crippen LogP contribution in [0.25, 0.3) is 0 Å². The van der Waals surface area contributed by atoms with Gasteiger partial charge in [0.05, 0.1) is 0 Å². The van der Waals surface area contributed by atoms with Gasteiger partial charge in [-0.1, -0.05) is 0 Å². The van der Waals surface area contributed by atoms with Gasteiger partial charge in [-0.2, -0.15) is 0 Å². The van der Waals surface area contributed by atoms with E-state index in [1.807, 2.05) is 0 Å². The molecule has 0 bridgehead atoms. The van der Waals surface area contributed by atoms with Gasteiger partial charge in [0, 0.05) is 5.69 Å². The maximum absolute atomic E-state index is 11.7. The van der Waals surface area contributed by atoms with Crippen molar-refractivity contribution >= 4 is 17.9 Å². The van der Waals surface area contributed by atoms with Crippen molar-refractivity contribution in [3.8, 4) is 0 Å². The van der Waals surface area contributed by atoms with E-state index in [9.17, 15) is 19.2 Å². The quantitative estimate of drug-likeness (QED) is 0.639. The lowest BCUT2D eigenvalue weighted by atomic mass is 10.2. The zero-order chi connectivity index (χ0) is 13.9. The molecule has 1 aromatic heterocycles. The van der Waals surface area contributed by atoms with Crippen LogP contribution in [-0.2, 0) is 11.3 Å². The molecular formula is C10H11N3O5. The Kier molecular flexibility index (Phi) is 3.82. The molecule has 96 valence electrons.